The Morgan fingerprint density at radius 1 is 1.00 bits per heavy atom. The molecule has 0 spiro atoms. The van der Waals surface area contributed by atoms with E-state index in [9.17, 15) is 9.59 Å². The number of hydrogen-bond acceptors (Lipinski definition) is 5. The van der Waals surface area contributed by atoms with Gasteiger partial charge in [-0.05, 0) is 25.1 Å². The molecule has 1 fully saturated rings. The van der Waals surface area contributed by atoms with Gasteiger partial charge in [0.1, 0.15) is 5.75 Å². The quantitative estimate of drug-likeness (QED) is 0.785. The van der Waals surface area contributed by atoms with Crippen LogP contribution < -0.4 is 15.4 Å². The van der Waals surface area contributed by atoms with Crippen LogP contribution in [0.3, 0.4) is 0 Å². The van der Waals surface area contributed by atoms with Crippen molar-refractivity contribution in [3.05, 3.63) is 59.7 Å². The Balaban J connectivity index is 1.42. The first-order valence-electron chi connectivity index (χ1n) is 9.77. The number of carbonyl (C=O) groups excluding carboxylic acids is 2. The zero-order valence-corrected chi connectivity index (χ0v) is 17.0. The Hall–Kier alpha value is -2.90. The summed E-state index contributed by atoms with van der Waals surface area (Å²) in [5, 5.41) is 5.04. The van der Waals surface area contributed by atoms with Crippen LogP contribution in [-0.2, 0) is 11.3 Å². The fourth-order valence-corrected chi connectivity index (χ4v) is 3.43. The first-order valence-corrected chi connectivity index (χ1v) is 9.77. The highest BCUT2D eigenvalue weighted by Gasteiger charge is 2.20. The van der Waals surface area contributed by atoms with Crippen LogP contribution in [0.25, 0.3) is 0 Å². The average Bonchev–Trinajstić information content (AvgIpc) is 2.70. The summed E-state index contributed by atoms with van der Waals surface area (Å²) >= 11 is 0. The summed E-state index contributed by atoms with van der Waals surface area (Å²) in [7, 11) is 1.69. The van der Waals surface area contributed by atoms with Crippen molar-refractivity contribution < 1.29 is 14.3 Å². The smallest absolute Gasteiger partial charge is 0.325 e. The van der Waals surface area contributed by atoms with E-state index in [2.05, 4.69) is 33.4 Å². The van der Waals surface area contributed by atoms with E-state index in [1.165, 1.54) is 11.1 Å². The molecular formula is C22H28N4O3. The van der Waals surface area contributed by atoms with Crippen LogP contribution in [0.2, 0.25) is 0 Å². The first kappa shape index (κ1) is 20.8. The molecule has 0 bridgehead atoms. The lowest BCUT2D eigenvalue weighted by Crippen LogP contribution is -2.50. The molecule has 3 rings (SSSR count). The van der Waals surface area contributed by atoms with Crippen molar-refractivity contribution in [2.75, 3.05) is 45.2 Å². The van der Waals surface area contributed by atoms with Crippen LogP contribution in [0.4, 0.5) is 10.5 Å². The molecule has 0 saturated carbocycles. The minimum atomic E-state index is -0.508. The molecule has 2 aromatic carbocycles. The number of nitrogens with zero attached hydrogens (tertiary/aromatic N) is 2. The first-order chi connectivity index (χ1) is 14.0. The second-order valence-corrected chi connectivity index (χ2v) is 7.24. The number of urea groups is 1. The van der Waals surface area contributed by atoms with Gasteiger partial charge in [0.15, 0.2) is 0 Å². The lowest BCUT2D eigenvalue weighted by atomic mass is 10.1. The summed E-state index contributed by atoms with van der Waals surface area (Å²) in [5.41, 5.74) is 3.04. The van der Waals surface area contributed by atoms with Gasteiger partial charge in [-0.2, -0.15) is 0 Å². The third-order valence-corrected chi connectivity index (χ3v) is 4.95. The molecule has 0 radical (unpaired) electrons. The number of rotatable bonds is 6. The molecule has 0 atom stereocenters. The van der Waals surface area contributed by atoms with E-state index in [-0.39, 0.29) is 12.5 Å². The predicted molar refractivity (Wildman–Crippen MR) is 113 cm³/mol. The molecule has 1 aliphatic rings. The summed E-state index contributed by atoms with van der Waals surface area (Å²) < 4.78 is 5.47. The summed E-state index contributed by atoms with van der Waals surface area (Å²) in [4.78, 5) is 28.5. The number of ether oxygens (including phenoxy) is 1. The normalized spacial score (nSPS) is 15.0. The zero-order chi connectivity index (χ0) is 20.6. The molecule has 7 heteroatoms. The van der Waals surface area contributed by atoms with Crippen molar-refractivity contribution >= 4 is 17.6 Å². The molecule has 3 amide bonds. The van der Waals surface area contributed by atoms with Crippen LogP contribution in [0.15, 0.2) is 48.5 Å². The Kier molecular flexibility index (Phi) is 7.21. The number of piperazine rings is 1. The molecule has 0 unspecified atom stereocenters. The van der Waals surface area contributed by atoms with Gasteiger partial charge in [0.05, 0.1) is 13.7 Å². The standard InChI is InChI=1S/C22H28N4O3/c1-17-8-9-20(29-2)18(14-17)15-25-10-12-26(13-11-25)16-21(27)24-22(28)23-19-6-4-3-5-7-19/h3-9,14H,10-13,15-16H2,1-2H3,(H2,23,24,27,28). The van der Waals surface area contributed by atoms with Gasteiger partial charge in [0, 0.05) is 44.0 Å². The summed E-state index contributed by atoms with van der Waals surface area (Å²) in [6.45, 7) is 6.40. The maximum absolute atomic E-state index is 12.2. The fraction of sp³-hybridized carbons (Fsp3) is 0.364. The van der Waals surface area contributed by atoms with Crippen LogP contribution in [-0.4, -0.2) is 61.6 Å². The molecule has 7 nitrogen and oxygen atoms in total. The van der Waals surface area contributed by atoms with E-state index in [1.807, 2.05) is 30.3 Å². The van der Waals surface area contributed by atoms with E-state index in [0.717, 1.165) is 38.5 Å². The van der Waals surface area contributed by atoms with Gasteiger partial charge < -0.3 is 10.1 Å². The summed E-state index contributed by atoms with van der Waals surface area (Å²) in [6.07, 6.45) is 0. The number of anilines is 1. The van der Waals surface area contributed by atoms with E-state index < -0.39 is 6.03 Å². The zero-order valence-electron chi connectivity index (χ0n) is 17.0. The van der Waals surface area contributed by atoms with Gasteiger partial charge in [-0.15, -0.1) is 0 Å². The molecule has 0 aliphatic carbocycles. The average molecular weight is 396 g/mol. The molecule has 1 aliphatic heterocycles. The number of imide groups is 1. The second-order valence-electron chi connectivity index (χ2n) is 7.24. The molecule has 29 heavy (non-hydrogen) atoms. The SMILES string of the molecule is COc1ccc(C)cc1CN1CCN(CC(=O)NC(=O)Nc2ccccc2)CC1. The third kappa shape index (κ3) is 6.30. The Morgan fingerprint density at radius 2 is 1.69 bits per heavy atom. The Bertz CT molecular complexity index is 833. The van der Waals surface area contributed by atoms with Crippen LogP contribution in [0, 0.1) is 6.92 Å². The number of carbonyl (C=O) groups is 2. The highest BCUT2D eigenvalue weighted by atomic mass is 16.5. The summed E-state index contributed by atoms with van der Waals surface area (Å²) in [5.74, 6) is 0.606. The van der Waals surface area contributed by atoms with Gasteiger partial charge in [-0.1, -0.05) is 35.9 Å². The van der Waals surface area contributed by atoms with Crippen molar-refractivity contribution in [1.82, 2.24) is 15.1 Å². The molecule has 1 saturated heterocycles. The number of methoxy groups -OCH3 is 1. The van der Waals surface area contributed by atoms with E-state index in [0.29, 0.717) is 5.69 Å². The molecule has 1 heterocycles. The maximum Gasteiger partial charge on any atom is 0.325 e. The molecular weight excluding hydrogens is 368 g/mol. The highest BCUT2D eigenvalue weighted by molar-refractivity contribution is 6.01. The number of hydrogen-bond donors (Lipinski definition) is 2. The van der Waals surface area contributed by atoms with E-state index >= 15 is 0 Å². The van der Waals surface area contributed by atoms with Crippen molar-refractivity contribution in [3.63, 3.8) is 0 Å². The second kappa shape index (κ2) is 10.0. The Labute approximate surface area is 171 Å². The van der Waals surface area contributed by atoms with Crippen LogP contribution >= 0.6 is 0 Å². The fourth-order valence-electron chi connectivity index (χ4n) is 3.43. The van der Waals surface area contributed by atoms with Crippen LogP contribution in [0.5, 0.6) is 5.75 Å². The minimum absolute atomic E-state index is 0.212. The van der Waals surface area contributed by atoms with Gasteiger partial charge in [0.25, 0.3) is 0 Å². The predicted octanol–water partition coefficient (Wildman–Crippen LogP) is 2.47. The minimum Gasteiger partial charge on any atom is -0.496 e. The van der Waals surface area contributed by atoms with Crippen LogP contribution in [0.1, 0.15) is 11.1 Å². The molecule has 154 valence electrons. The van der Waals surface area contributed by atoms with Crippen molar-refractivity contribution in [1.29, 1.82) is 0 Å². The van der Waals surface area contributed by atoms with Crippen molar-refractivity contribution in [2.45, 2.75) is 13.5 Å². The van der Waals surface area contributed by atoms with E-state index in [1.54, 1.807) is 19.2 Å². The summed E-state index contributed by atoms with van der Waals surface area (Å²) in [6, 6.07) is 14.8. The lowest BCUT2D eigenvalue weighted by Gasteiger charge is -2.34. The van der Waals surface area contributed by atoms with E-state index in [4.69, 9.17) is 4.74 Å². The molecule has 2 aromatic rings. The highest BCUT2D eigenvalue weighted by Crippen LogP contribution is 2.22. The number of para-hydroxylation sites is 1. The van der Waals surface area contributed by atoms with Crippen molar-refractivity contribution in [3.8, 4) is 5.75 Å². The number of nitrogens with one attached hydrogen (secondary N) is 2. The third-order valence-electron chi connectivity index (χ3n) is 4.95. The maximum atomic E-state index is 12.2. The lowest BCUT2D eigenvalue weighted by molar-refractivity contribution is -0.121. The van der Waals surface area contributed by atoms with Gasteiger partial charge in [0.2, 0.25) is 5.91 Å². The van der Waals surface area contributed by atoms with Gasteiger partial charge in [-0.25, -0.2) is 4.79 Å². The van der Waals surface area contributed by atoms with Gasteiger partial charge in [-0.3, -0.25) is 19.9 Å². The van der Waals surface area contributed by atoms with Gasteiger partial charge >= 0.3 is 6.03 Å². The number of aryl methyl sites for hydroxylation is 1. The topological polar surface area (TPSA) is 73.9 Å². The van der Waals surface area contributed by atoms with Crippen molar-refractivity contribution in [2.24, 2.45) is 0 Å². The molecule has 2 N–H and O–H groups in total. The Morgan fingerprint density at radius 3 is 2.38 bits per heavy atom. The monoisotopic (exact) mass is 396 g/mol. The number of benzene rings is 2. The number of amides is 3. The largest absolute Gasteiger partial charge is 0.496 e. The molecule has 0 aromatic heterocycles.